The third-order valence-corrected chi connectivity index (χ3v) is 2.05. The Labute approximate surface area is 67.5 Å². The zero-order valence-corrected chi connectivity index (χ0v) is 6.23. The van der Waals surface area contributed by atoms with E-state index in [1.54, 1.807) is 12.1 Å². The van der Waals surface area contributed by atoms with Crippen molar-refractivity contribution in [3.05, 3.63) is 10.6 Å². The van der Waals surface area contributed by atoms with E-state index in [9.17, 15) is 4.79 Å². The van der Waals surface area contributed by atoms with Crippen LogP contribution in [0.2, 0.25) is 0 Å². The Morgan fingerprint density at radius 1 is 1.55 bits per heavy atom. The van der Waals surface area contributed by atoms with Crippen LogP contribution in [0.15, 0.2) is 10.6 Å². The van der Waals surface area contributed by atoms with Crippen LogP contribution in [0, 0.1) is 22.7 Å². The van der Waals surface area contributed by atoms with Gasteiger partial charge in [-0.05, 0) is 0 Å². The van der Waals surface area contributed by atoms with Gasteiger partial charge in [-0.25, -0.2) is 0 Å². The molecule has 1 heterocycles. The summed E-state index contributed by atoms with van der Waals surface area (Å²) in [5.74, 6) is 0.135. The molecule has 5 heteroatoms. The van der Waals surface area contributed by atoms with Crippen molar-refractivity contribution in [1.82, 2.24) is 5.32 Å². The highest BCUT2D eigenvalue weighted by molar-refractivity contribution is 8.04. The highest BCUT2D eigenvalue weighted by Crippen LogP contribution is 2.21. The summed E-state index contributed by atoms with van der Waals surface area (Å²) in [5, 5.41) is 19.5. The zero-order chi connectivity index (χ0) is 8.27. The summed E-state index contributed by atoms with van der Waals surface area (Å²) in [6.45, 7) is 0. The monoisotopic (exact) mass is 165 g/mol. The van der Waals surface area contributed by atoms with Crippen molar-refractivity contribution >= 4 is 17.7 Å². The van der Waals surface area contributed by atoms with Gasteiger partial charge in [-0.3, -0.25) is 4.79 Å². The lowest BCUT2D eigenvalue weighted by Crippen LogP contribution is -2.14. The van der Waals surface area contributed by atoms with Gasteiger partial charge in [-0.1, -0.05) is 11.8 Å². The number of carbonyl (C=O) groups is 1. The molecule has 0 bridgehead atoms. The summed E-state index contributed by atoms with van der Waals surface area (Å²) in [6.07, 6.45) is 0. The van der Waals surface area contributed by atoms with Gasteiger partial charge in [0.1, 0.15) is 17.2 Å². The van der Waals surface area contributed by atoms with Crippen LogP contribution in [0.4, 0.5) is 0 Å². The van der Waals surface area contributed by atoms with Crippen molar-refractivity contribution < 1.29 is 4.79 Å². The largest absolute Gasteiger partial charge is 0.318 e. The summed E-state index contributed by atoms with van der Waals surface area (Å²) in [4.78, 5) is 10.6. The number of nitriles is 2. The first-order valence-corrected chi connectivity index (χ1v) is 3.73. The maximum absolute atomic E-state index is 10.6. The molecule has 1 amide bonds. The molecular formula is C6H3N3OS. The zero-order valence-electron chi connectivity index (χ0n) is 5.42. The molecule has 11 heavy (non-hydrogen) atoms. The summed E-state index contributed by atoms with van der Waals surface area (Å²) in [5.41, 5.74) is -0.0270. The second kappa shape index (κ2) is 3.09. The van der Waals surface area contributed by atoms with Gasteiger partial charge in [0.2, 0.25) is 5.91 Å². The second-order valence-corrected chi connectivity index (χ2v) is 2.75. The fourth-order valence-electron chi connectivity index (χ4n) is 0.598. The molecule has 1 N–H and O–H groups in total. The first kappa shape index (κ1) is 7.64. The van der Waals surface area contributed by atoms with Crippen LogP contribution in [-0.2, 0) is 4.79 Å². The third-order valence-electron chi connectivity index (χ3n) is 1.05. The normalized spacial score (nSPS) is 15.1. The van der Waals surface area contributed by atoms with E-state index in [1.807, 2.05) is 0 Å². The van der Waals surface area contributed by atoms with Gasteiger partial charge in [0.25, 0.3) is 0 Å². The van der Waals surface area contributed by atoms with Crippen LogP contribution in [0.25, 0.3) is 0 Å². The van der Waals surface area contributed by atoms with Crippen LogP contribution in [-0.4, -0.2) is 11.7 Å². The minimum absolute atomic E-state index is 0.0270. The predicted octanol–water partition coefficient (Wildman–Crippen LogP) is 0.108. The number of nitrogens with one attached hydrogen (secondary N) is 1. The smallest absolute Gasteiger partial charge is 0.235 e. The lowest BCUT2D eigenvalue weighted by atomic mass is 10.3. The summed E-state index contributed by atoms with van der Waals surface area (Å²) in [6, 6.07) is 3.39. The Bertz CT molecular complexity index is 291. The van der Waals surface area contributed by atoms with Crippen molar-refractivity contribution in [3.63, 3.8) is 0 Å². The molecule has 0 aromatic carbocycles. The van der Waals surface area contributed by atoms with Gasteiger partial charge in [-0.2, -0.15) is 10.5 Å². The molecule has 1 aliphatic rings. The molecule has 0 atom stereocenters. The van der Waals surface area contributed by atoms with Gasteiger partial charge in [0, 0.05) is 0 Å². The molecule has 1 fully saturated rings. The maximum Gasteiger partial charge on any atom is 0.235 e. The van der Waals surface area contributed by atoms with Gasteiger partial charge >= 0.3 is 0 Å². The number of nitrogens with zero attached hydrogens (tertiary/aromatic N) is 2. The minimum Gasteiger partial charge on any atom is -0.318 e. The van der Waals surface area contributed by atoms with E-state index in [4.69, 9.17) is 10.5 Å². The van der Waals surface area contributed by atoms with E-state index in [0.29, 0.717) is 10.8 Å². The number of amides is 1. The topological polar surface area (TPSA) is 76.7 Å². The van der Waals surface area contributed by atoms with E-state index in [-0.39, 0.29) is 11.5 Å². The number of thioether (sulfide) groups is 1. The standard InChI is InChI=1S/C6H3N3OS/c7-1-4(2-8)6-9-5(10)3-11-6/h3H2,(H,9,10). The quantitative estimate of drug-likeness (QED) is 0.517. The lowest BCUT2D eigenvalue weighted by molar-refractivity contribution is -0.117. The molecule has 1 saturated heterocycles. The van der Waals surface area contributed by atoms with Crippen LogP contribution in [0.1, 0.15) is 0 Å². The fourth-order valence-corrected chi connectivity index (χ4v) is 1.37. The Balaban J connectivity index is 2.92. The molecule has 0 aromatic rings. The van der Waals surface area contributed by atoms with E-state index in [1.165, 1.54) is 11.8 Å². The number of carbonyl (C=O) groups excluding carboxylic acids is 1. The van der Waals surface area contributed by atoms with E-state index in [2.05, 4.69) is 5.32 Å². The van der Waals surface area contributed by atoms with Crippen molar-refractivity contribution in [2.45, 2.75) is 0 Å². The summed E-state index contributed by atoms with van der Waals surface area (Å²) in [7, 11) is 0. The number of hydrogen-bond acceptors (Lipinski definition) is 4. The third kappa shape index (κ3) is 1.51. The number of allylic oxidation sites excluding steroid dienone is 1. The molecule has 0 spiro atoms. The number of rotatable bonds is 0. The van der Waals surface area contributed by atoms with Crippen LogP contribution in [0.5, 0.6) is 0 Å². The molecular weight excluding hydrogens is 162 g/mol. The first-order valence-electron chi connectivity index (χ1n) is 2.75. The van der Waals surface area contributed by atoms with E-state index in [0.717, 1.165) is 0 Å². The molecule has 0 unspecified atom stereocenters. The Hall–Kier alpha value is -1.46. The molecule has 1 rings (SSSR count). The van der Waals surface area contributed by atoms with Crippen molar-refractivity contribution in [1.29, 1.82) is 10.5 Å². The molecule has 0 radical (unpaired) electrons. The predicted molar refractivity (Wildman–Crippen MR) is 38.9 cm³/mol. The molecule has 0 aromatic heterocycles. The summed E-state index contributed by atoms with van der Waals surface area (Å²) < 4.78 is 0. The van der Waals surface area contributed by atoms with Crippen LogP contribution in [0.3, 0.4) is 0 Å². The second-order valence-electron chi connectivity index (χ2n) is 1.76. The number of hydrogen-bond donors (Lipinski definition) is 1. The Kier molecular flexibility index (Phi) is 2.15. The van der Waals surface area contributed by atoms with E-state index >= 15 is 0 Å². The van der Waals surface area contributed by atoms with Gasteiger partial charge in [0.15, 0.2) is 5.57 Å². The van der Waals surface area contributed by atoms with Gasteiger partial charge in [0.05, 0.1) is 5.75 Å². The van der Waals surface area contributed by atoms with E-state index < -0.39 is 0 Å². The van der Waals surface area contributed by atoms with Gasteiger partial charge in [-0.15, -0.1) is 0 Å². The fraction of sp³-hybridized carbons (Fsp3) is 0.167. The van der Waals surface area contributed by atoms with Crippen LogP contribution < -0.4 is 5.32 Å². The average molecular weight is 165 g/mol. The molecule has 4 nitrogen and oxygen atoms in total. The highest BCUT2D eigenvalue weighted by atomic mass is 32.2. The lowest BCUT2D eigenvalue weighted by Gasteiger charge is -1.91. The average Bonchev–Trinajstić information content (AvgIpc) is 2.39. The molecule has 1 aliphatic heterocycles. The van der Waals surface area contributed by atoms with Crippen molar-refractivity contribution in [2.75, 3.05) is 5.75 Å². The van der Waals surface area contributed by atoms with Crippen LogP contribution >= 0.6 is 11.8 Å². The SMILES string of the molecule is N#CC(C#N)=C1NC(=O)CS1. The molecule has 0 saturated carbocycles. The molecule has 54 valence electrons. The highest BCUT2D eigenvalue weighted by Gasteiger charge is 2.18. The van der Waals surface area contributed by atoms with Gasteiger partial charge < -0.3 is 5.32 Å². The first-order chi connectivity index (χ1) is 5.27. The Morgan fingerprint density at radius 2 is 2.18 bits per heavy atom. The maximum atomic E-state index is 10.6. The van der Waals surface area contributed by atoms with Crippen molar-refractivity contribution in [3.8, 4) is 12.1 Å². The minimum atomic E-state index is -0.159. The molecule has 0 aliphatic carbocycles. The summed E-state index contributed by atoms with van der Waals surface area (Å²) >= 11 is 1.18. The Morgan fingerprint density at radius 3 is 2.55 bits per heavy atom. The van der Waals surface area contributed by atoms with Crippen molar-refractivity contribution in [2.24, 2.45) is 0 Å².